The van der Waals surface area contributed by atoms with E-state index in [1.54, 1.807) is 11.3 Å². The van der Waals surface area contributed by atoms with E-state index in [1.165, 1.54) is 17.7 Å². The first-order chi connectivity index (χ1) is 9.19. The molecule has 1 saturated carbocycles. The van der Waals surface area contributed by atoms with Gasteiger partial charge in [0, 0.05) is 17.3 Å². The van der Waals surface area contributed by atoms with Crippen molar-refractivity contribution in [2.24, 2.45) is 11.7 Å². The van der Waals surface area contributed by atoms with E-state index in [1.807, 2.05) is 12.1 Å². The highest BCUT2D eigenvalue weighted by Crippen LogP contribution is 2.24. The molecule has 1 fully saturated rings. The van der Waals surface area contributed by atoms with Gasteiger partial charge in [-0.25, -0.2) is 0 Å². The molecule has 1 aliphatic carbocycles. The Morgan fingerprint density at radius 3 is 2.80 bits per heavy atom. The zero-order valence-electron chi connectivity index (χ0n) is 11.4. The molecular formula is C14H22Cl2N2OS. The second-order valence-electron chi connectivity index (χ2n) is 5.16. The van der Waals surface area contributed by atoms with Crippen LogP contribution in [0.3, 0.4) is 0 Å². The van der Waals surface area contributed by atoms with Crippen LogP contribution in [0.25, 0.3) is 0 Å². The van der Waals surface area contributed by atoms with Crippen molar-refractivity contribution in [1.82, 2.24) is 5.32 Å². The largest absolute Gasteiger partial charge is 0.353 e. The summed E-state index contributed by atoms with van der Waals surface area (Å²) in [6.07, 6.45) is 5.94. The fourth-order valence-electron chi connectivity index (χ4n) is 2.68. The summed E-state index contributed by atoms with van der Waals surface area (Å²) in [5, 5.41) is 3.15. The van der Waals surface area contributed by atoms with Crippen molar-refractivity contribution >= 4 is 41.3 Å². The van der Waals surface area contributed by atoms with Crippen LogP contribution < -0.4 is 11.1 Å². The Labute approximate surface area is 135 Å². The van der Waals surface area contributed by atoms with Gasteiger partial charge < -0.3 is 11.1 Å². The average Bonchev–Trinajstić information content (AvgIpc) is 2.83. The van der Waals surface area contributed by atoms with Crippen molar-refractivity contribution in [2.75, 3.05) is 6.54 Å². The Morgan fingerprint density at radius 2 is 2.15 bits per heavy atom. The fraction of sp³-hybridized carbons (Fsp3) is 0.643. The highest BCUT2D eigenvalue weighted by atomic mass is 35.5. The SMILES string of the molecule is Cl.NCC1CCCCC1NC(=O)CCc1ccc(Cl)s1. The molecule has 0 saturated heterocycles. The van der Waals surface area contributed by atoms with Crippen molar-refractivity contribution in [2.45, 2.75) is 44.6 Å². The lowest BCUT2D eigenvalue weighted by Gasteiger charge is -2.31. The van der Waals surface area contributed by atoms with Crippen molar-refractivity contribution in [3.8, 4) is 0 Å². The third-order valence-electron chi connectivity index (χ3n) is 3.79. The maximum atomic E-state index is 12.0. The number of amides is 1. The molecule has 2 unspecified atom stereocenters. The molecule has 6 heteroatoms. The van der Waals surface area contributed by atoms with Crippen LogP contribution in [0.15, 0.2) is 12.1 Å². The van der Waals surface area contributed by atoms with Crippen LogP contribution in [0.4, 0.5) is 0 Å². The van der Waals surface area contributed by atoms with Gasteiger partial charge in [0.2, 0.25) is 5.91 Å². The van der Waals surface area contributed by atoms with E-state index in [9.17, 15) is 4.79 Å². The number of nitrogens with one attached hydrogen (secondary N) is 1. The van der Waals surface area contributed by atoms with Crippen molar-refractivity contribution in [1.29, 1.82) is 0 Å². The third-order valence-corrected chi connectivity index (χ3v) is 5.08. The van der Waals surface area contributed by atoms with Crippen LogP contribution in [0.5, 0.6) is 0 Å². The maximum absolute atomic E-state index is 12.0. The molecule has 0 spiro atoms. The van der Waals surface area contributed by atoms with Crippen LogP contribution in [0.2, 0.25) is 4.34 Å². The second kappa shape index (κ2) is 8.88. The first-order valence-corrected chi connectivity index (χ1v) is 8.12. The molecule has 1 aromatic heterocycles. The van der Waals surface area contributed by atoms with Crippen LogP contribution >= 0.6 is 35.3 Å². The lowest BCUT2D eigenvalue weighted by molar-refractivity contribution is -0.122. The van der Waals surface area contributed by atoms with E-state index in [0.29, 0.717) is 18.9 Å². The van der Waals surface area contributed by atoms with Gasteiger partial charge >= 0.3 is 0 Å². The lowest BCUT2D eigenvalue weighted by Crippen LogP contribution is -2.44. The van der Waals surface area contributed by atoms with Gasteiger partial charge in [-0.05, 0) is 43.9 Å². The summed E-state index contributed by atoms with van der Waals surface area (Å²) in [5.41, 5.74) is 5.77. The summed E-state index contributed by atoms with van der Waals surface area (Å²) in [7, 11) is 0. The van der Waals surface area contributed by atoms with Gasteiger partial charge in [-0.2, -0.15) is 0 Å². The van der Waals surface area contributed by atoms with Crippen LogP contribution in [-0.4, -0.2) is 18.5 Å². The molecule has 1 aliphatic rings. The molecule has 2 rings (SSSR count). The molecule has 0 aromatic carbocycles. The highest BCUT2D eigenvalue weighted by molar-refractivity contribution is 7.16. The smallest absolute Gasteiger partial charge is 0.220 e. The normalized spacial score (nSPS) is 22.1. The second-order valence-corrected chi connectivity index (χ2v) is 6.96. The first kappa shape index (κ1) is 17.8. The molecule has 0 aliphatic heterocycles. The summed E-state index contributed by atoms with van der Waals surface area (Å²) in [5.74, 6) is 0.587. The minimum atomic E-state index is 0. The highest BCUT2D eigenvalue weighted by Gasteiger charge is 2.25. The number of aryl methyl sites for hydroxylation is 1. The standard InChI is InChI=1S/C14H21ClN2OS.ClH/c15-13-7-5-11(19-13)6-8-14(18)17-12-4-2-1-3-10(12)9-16;/h5,7,10,12H,1-4,6,8-9,16H2,(H,17,18);1H. The number of halogens is 2. The number of hydrogen-bond acceptors (Lipinski definition) is 3. The van der Waals surface area contributed by atoms with E-state index < -0.39 is 0 Å². The van der Waals surface area contributed by atoms with Gasteiger partial charge in [0.05, 0.1) is 4.34 Å². The monoisotopic (exact) mass is 336 g/mol. The minimum Gasteiger partial charge on any atom is -0.353 e. The Morgan fingerprint density at radius 1 is 1.40 bits per heavy atom. The Hall–Kier alpha value is -0.290. The predicted octanol–water partition coefficient (Wildman–Crippen LogP) is 3.39. The summed E-state index contributed by atoms with van der Waals surface area (Å²) in [6, 6.07) is 4.15. The van der Waals surface area contributed by atoms with E-state index in [-0.39, 0.29) is 24.4 Å². The molecule has 3 nitrogen and oxygen atoms in total. The number of thiophene rings is 1. The van der Waals surface area contributed by atoms with Crippen LogP contribution in [0, 0.1) is 5.92 Å². The number of hydrogen-bond donors (Lipinski definition) is 2. The quantitative estimate of drug-likeness (QED) is 0.865. The molecule has 0 bridgehead atoms. The van der Waals surface area contributed by atoms with E-state index in [2.05, 4.69) is 5.32 Å². The van der Waals surface area contributed by atoms with Gasteiger partial charge in [-0.3, -0.25) is 4.79 Å². The molecule has 1 amide bonds. The summed E-state index contributed by atoms with van der Waals surface area (Å²) in [6.45, 7) is 0.672. The minimum absolute atomic E-state index is 0. The van der Waals surface area contributed by atoms with E-state index in [0.717, 1.165) is 23.6 Å². The number of carbonyl (C=O) groups excluding carboxylic acids is 1. The van der Waals surface area contributed by atoms with Gasteiger partial charge in [0.25, 0.3) is 0 Å². The van der Waals surface area contributed by atoms with Crippen molar-refractivity contribution < 1.29 is 4.79 Å². The predicted molar refractivity (Wildman–Crippen MR) is 87.8 cm³/mol. The fourth-order valence-corrected chi connectivity index (χ4v) is 3.77. The van der Waals surface area contributed by atoms with Gasteiger partial charge in [-0.1, -0.05) is 24.4 Å². The molecule has 3 N–H and O–H groups in total. The van der Waals surface area contributed by atoms with Crippen molar-refractivity contribution in [3.05, 3.63) is 21.3 Å². The summed E-state index contributed by atoms with van der Waals surface area (Å²) >= 11 is 7.42. The molecule has 2 atom stereocenters. The van der Waals surface area contributed by atoms with Crippen LogP contribution in [-0.2, 0) is 11.2 Å². The first-order valence-electron chi connectivity index (χ1n) is 6.92. The van der Waals surface area contributed by atoms with E-state index in [4.69, 9.17) is 17.3 Å². The number of carbonyl (C=O) groups is 1. The summed E-state index contributed by atoms with van der Waals surface area (Å²) < 4.78 is 0.783. The Balaban J connectivity index is 0.00000200. The van der Waals surface area contributed by atoms with Crippen molar-refractivity contribution in [3.63, 3.8) is 0 Å². The number of nitrogens with two attached hydrogens (primary N) is 1. The van der Waals surface area contributed by atoms with E-state index >= 15 is 0 Å². The molecule has 0 radical (unpaired) electrons. The summed E-state index contributed by atoms with van der Waals surface area (Å²) in [4.78, 5) is 13.1. The average molecular weight is 337 g/mol. The molecule has 114 valence electrons. The Bertz CT molecular complexity index is 425. The van der Waals surface area contributed by atoms with Crippen LogP contribution in [0.1, 0.15) is 37.0 Å². The zero-order valence-corrected chi connectivity index (χ0v) is 13.8. The Kier molecular flexibility index (Phi) is 7.88. The third kappa shape index (κ3) is 5.24. The number of rotatable bonds is 5. The molecule has 20 heavy (non-hydrogen) atoms. The van der Waals surface area contributed by atoms with Gasteiger partial charge in [0.15, 0.2) is 0 Å². The topological polar surface area (TPSA) is 55.1 Å². The molecule has 1 heterocycles. The van der Waals surface area contributed by atoms with Gasteiger partial charge in [-0.15, -0.1) is 23.7 Å². The zero-order chi connectivity index (χ0) is 13.7. The molecular weight excluding hydrogens is 315 g/mol. The lowest BCUT2D eigenvalue weighted by atomic mass is 9.84. The maximum Gasteiger partial charge on any atom is 0.220 e. The molecule has 1 aromatic rings. The van der Waals surface area contributed by atoms with Gasteiger partial charge in [0.1, 0.15) is 0 Å².